The Morgan fingerprint density at radius 2 is 2.19 bits per heavy atom. The van der Waals surface area contributed by atoms with Crippen molar-refractivity contribution in [1.29, 1.82) is 0 Å². The second kappa shape index (κ2) is 7.57. The average molecular weight is 291 g/mol. The number of ether oxygens (including phenoxy) is 3. The normalized spacial score (nSPS) is 14.4. The molecule has 1 aromatic rings. The van der Waals surface area contributed by atoms with E-state index >= 15 is 0 Å². The van der Waals surface area contributed by atoms with E-state index in [1.807, 2.05) is 31.2 Å². The average Bonchev–Trinajstić information content (AvgIpc) is 2.52. The lowest BCUT2D eigenvalue weighted by Crippen LogP contribution is -2.31. The van der Waals surface area contributed by atoms with Gasteiger partial charge in [-0.1, -0.05) is 6.07 Å². The number of methoxy groups -OCH3 is 1. The van der Waals surface area contributed by atoms with Crippen LogP contribution in [0.4, 0.5) is 0 Å². The molecule has 0 radical (unpaired) electrons. The second-order valence-corrected chi connectivity index (χ2v) is 4.77. The largest absolute Gasteiger partial charge is 0.498 e. The molecule has 1 aromatic carbocycles. The Bertz CT molecular complexity index is 525. The van der Waals surface area contributed by atoms with E-state index in [1.165, 1.54) is 0 Å². The molecule has 1 aliphatic heterocycles. The van der Waals surface area contributed by atoms with Crippen molar-refractivity contribution in [2.24, 2.45) is 0 Å². The van der Waals surface area contributed by atoms with Crippen LogP contribution in [0.15, 0.2) is 35.6 Å². The summed E-state index contributed by atoms with van der Waals surface area (Å²) in [5.74, 6) is 2.13. The first kappa shape index (κ1) is 15.2. The molecule has 1 amide bonds. The molecule has 2 rings (SSSR count). The zero-order valence-corrected chi connectivity index (χ0v) is 12.5. The highest BCUT2D eigenvalue weighted by Crippen LogP contribution is 2.19. The van der Waals surface area contributed by atoms with Gasteiger partial charge in [-0.05, 0) is 31.9 Å². The Labute approximate surface area is 124 Å². The maximum absolute atomic E-state index is 12.0. The maximum Gasteiger partial charge on any atom is 0.250 e. The maximum atomic E-state index is 12.0. The van der Waals surface area contributed by atoms with Gasteiger partial charge >= 0.3 is 0 Å². The van der Waals surface area contributed by atoms with Gasteiger partial charge in [0.1, 0.15) is 23.9 Å². The summed E-state index contributed by atoms with van der Waals surface area (Å²) in [6, 6.07) is 7.38. The van der Waals surface area contributed by atoms with Gasteiger partial charge in [0.2, 0.25) is 0 Å². The predicted octanol–water partition coefficient (Wildman–Crippen LogP) is 2.27. The minimum Gasteiger partial charge on any atom is -0.498 e. The number of nitrogens with one attached hydrogen (secondary N) is 1. The van der Waals surface area contributed by atoms with E-state index in [0.29, 0.717) is 19.8 Å². The van der Waals surface area contributed by atoms with E-state index in [0.717, 1.165) is 35.7 Å². The van der Waals surface area contributed by atoms with E-state index in [2.05, 4.69) is 5.32 Å². The summed E-state index contributed by atoms with van der Waals surface area (Å²) in [6.45, 7) is 3.39. The van der Waals surface area contributed by atoms with Crippen molar-refractivity contribution in [3.8, 4) is 11.5 Å². The van der Waals surface area contributed by atoms with Crippen molar-refractivity contribution >= 4 is 5.91 Å². The van der Waals surface area contributed by atoms with E-state index < -0.39 is 0 Å². The molecule has 0 aliphatic carbocycles. The molecule has 0 saturated heterocycles. The van der Waals surface area contributed by atoms with Gasteiger partial charge in [0, 0.05) is 6.07 Å². The third-order valence-corrected chi connectivity index (χ3v) is 3.29. The molecule has 0 fully saturated rings. The zero-order chi connectivity index (χ0) is 15.1. The molecule has 21 heavy (non-hydrogen) atoms. The van der Waals surface area contributed by atoms with Crippen molar-refractivity contribution in [1.82, 2.24) is 5.32 Å². The topological polar surface area (TPSA) is 56.8 Å². The molecule has 0 spiro atoms. The van der Waals surface area contributed by atoms with Crippen LogP contribution in [0.1, 0.15) is 19.8 Å². The first-order chi connectivity index (χ1) is 10.2. The van der Waals surface area contributed by atoms with Crippen molar-refractivity contribution in [2.75, 3.05) is 26.9 Å². The molecular formula is C16H21NO4. The minimum absolute atomic E-state index is 0.0681. The Balaban J connectivity index is 1.75. The first-order valence-corrected chi connectivity index (χ1v) is 7.08. The van der Waals surface area contributed by atoms with Crippen LogP contribution < -0.4 is 14.8 Å². The van der Waals surface area contributed by atoms with Crippen LogP contribution >= 0.6 is 0 Å². The smallest absolute Gasteiger partial charge is 0.250 e. The molecule has 5 nitrogen and oxygen atoms in total. The second-order valence-electron chi connectivity index (χ2n) is 4.77. The van der Waals surface area contributed by atoms with E-state index in [9.17, 15) is 4.79 Å². The number of allylic oxidation sites excluding steroid dienone is 1. The van der Waals surface area contributed by atoms with Gasteiger partial charge in [-0.2, -0.15) is 0 Å². The Morgan fingerprint density at radius 3 is 2.95 bits per heavy atom. The van der Waals surface area contributed by atoms with Gasteiger partial charge in [0.25, 0.3) is 5.91 Å². The standard InChI is InChI=1S/C16H21NO4/c1-12-15(7-4-9-20-12)16(18)17-8-10-21-14-6-3-5-13(11-14)19-2/h3,5-6,11H,4,7-10H2,1-2H3,(H,17,18). The van der Waals surface area contributed by atoms with Crippen LogP contribution in [-0.4, -0.2) is 32.8 Å². The molecule has 5 heteroatoms. The van der Waals surface area contributed by atoms with Crippen LogP contribution in [0.2, 0.25) is 0 Å². The number of amides is 1. The number of carbonyl (C=O) groups is 1. The lowest BCUT2D eigenvalue weighted by molar-refractivity contribution is -0.118. The van der Waals surface area contributed by atoms with E-state index in [4.69, 9.17) is 14.2 Å². The highest BCUT2D eigenvalue weighted by Gasteiger charge is 2.17. The molecule has 0 saturated carbocycles. The third-order valence-electron chi connectivity index (χ3n) is 3.29. The number of rotatable bonds is 6. The lowest BCUT2D eigenvalue weighted by atomic mass is 10.1. The molecule has 0 bridgehead atoms. The molecule has 1 N–H and O–H groups in total. The SMILES string of the molecule is COc1cccc(OCCNC(=O)C2=C(C)OCCC2)c1. The van der Waals surface area contributed by atoms with Crippen LogP contribution in [0, 0.1) is 0 Å². The summed E-state index contributed by atoms with van der Waals surface area (Å²) in [5.41, 5.74) is 0.739. The van der Waals surface area contributed by atoms with E-state index in [-0.39, 0.29) is 5.91 Å². The van der Waals surface area contributed by atoms with Crippen molar-refractivity contribution < 1.29 is 19.0 Å². The fourth-order valence-corrected chi connectivity index (χ4v) is 2.14. The summed E-state index contributed by atoms with van der Waals surface area (Å²) >= 11 is 0. The minimum atomic E-state index is -0.0681. The molecule has 1 aliphatic rings. The summed E-state index contributed by atoms with van der Waals surface area (Å²) in [7, 11) is 1.61. The lowest BCUT2D eigenvalue weighted by Gasteiger charge is -2.18. The Kier molecular flexibility index (Phi) is 5.49. The molecular weight excluding hydrogens is 270 g/mol. The van der Waals surface area contributed by atoms with Gasteiger partial charge < -0.3 is 19.5 Å². The highest BCUT2D eigenvalue weighted by atomic mass is 16.5. The molecule has 0 unspecified atom stereocenters. The monoisotopic (exact) mass is 291 g/mol. The number of benzene rings is 1. The Hall–Kier alpha value is -2.17. The van der Waals surface area contributed by atoms with Crippen LogP contribution in [0.3, 0.4) is 0 Å². The molecule has 0 aromatic heterocycles. The fraction of sp³-hybridized carbons (Fsp3) is 0.438. The van der Waals surface area contributed by atoms with E-state index in [1.54, 1.807) is 7.11 Å². The Morgan fingerprint density at radius 1 is 1.38 bits per heavy atom. The number of carbonyl (C=O) groups excluding carboxylic acids is 1. The zero-order valence-electron chi connectivity index (χ0n) is 12.5. The van der Waals surface area contributed by atoms with Crippen molar-refractivity contribution in [3.63, 3.8) is 0 Å². The van der Waals surface area contributed by atoms with Crippen molar-refractivity contribution in [2.45, 2.75) is 19.8 Å². The highest BCUT2D eigenvalue weighted by molar-refractivity contribution is 5.93. The van der Waals surface area contributed by atoms with Gasteiger partial charge in [-0.15, -0.1) is 0 Å². The van der Waals surface area contributed by atoms with Gasteiger partial charge in [-0.3, -0.25) is 4.79 Å². The quantitative estimate of drug-likeness (QED) is 0.817. The fourth-order valence-electron chi connectivity index (χ4n) is 2.14. The van der Waals surface area contributed by atoms with Crippen LogP contribution in [-0.2, 0) is 9.53 Å². The van der Waals surface area contributed by atoms with Crippen LogP contribution in [0.25, 0.3) is 0 Å². The third kappa shape index (κ3) is 4.41. The van der Waals surface area contributed by atoms with Gasteiger partial charge in [-0.25, -0.2) is 0 Å². The first-order valence-electron chi connectivity index (χ1n) is 7.08. The summed E-state index contributed by atoms with van der Waals surface area (Å²) in [4.78, 5) is 12.0. The van der Waals surface area contributed by atoms with Gasteiger partial charge in [0.05, 0.1) is 25.8 Å². The summed E-state index contributed by atoms with van der Waals surface area (Å²) < 4.78 is 16.1. The summed E-state index contributed by atoms with van der Waals surface area (Å²) in [5, 5.41) is 2.85. The number of hydrogen-bond acceptors (Lipinski definition) is 4. The van der Waals surface area contributed by atoms with Crippen LogP contribution in [0.5, 0.6) is 11.5 Å². The molecule has 0 atom stereocenters. The van der Waals surface area contributed by atoms with Gasteiger partial charge in [0.15, 0.2) is 0 Å². The van der Waals surface area contributed by atoms with Crippen molar-refractivity contribution in [3.05, 3.63) is 35.6 Å². The molecule has 1 heterocycles. The molecule has 114 valence electrons. The summed E-state index contributed by atoms with van der Waals surface area (Å²) in [6.07, 6.45) is 1.66. The number of hydrogen-bond donors (Lipinski definition) is 1. The predicted molar refractivity (Wildman–Crippen MR) is 79.4 cm³/mol.